The van der Waals surface area contributed by atoms with Crippen molar-refractivity contribution >= 4 is 17.6 Å². The van der Waals surface area contributed by atoms with Crippen LogP contribution in [0.25, 0.3) is 0 Å². The Morgan fingerprint density at radius 1 is 1.22 bits per heavy atom. The molecule has 0 saturated carbocycles. The Labute approximate surface area is 106 Å². The summed E-state index contributed by atoms with van der Waals surface area (Å²) in [6.07, 6.45) is 0. The van der Waals surface area contributed by atoms with Gasteiger partial charge in [0, 0.05) is 5.69 Å². The molecule has 1 amide bonds. The molecule has 0 aliphatic heterocycles. The molecular weight excluding hydrogens is 232 g/mol. The third-order valence-corrected chi connectivity index (χ3v) is 2.48. The number of carbonyl (C=O) groups is 2. The number of hydrogen-bond donors (Lipinski definition) is 3. The summed E-state index contributed by atoms with van der Waals surface area (Å²) in [5, 5.41) is 14.4. The molecule has 5 nitrogen and oxygen atoms in total. The Bertz CT molecular complexity index is 404. The van der Waals surface area contributed by atoms with E-state index in [-0.39, 0.29) is 18.4 Å². The molecule has 1 aromatic rings. The van der Waals surface area contributed by atoms with E-state index in [1.54, 1.807) is 13.8 Å². The normalized spacial score (nSPS) is 11.9. The predicted octanol–water partition coefficient (Wildman–Crippen LogP) is 1.32. The van der Waals surface area contributed by atoms with E-state index < -0.39 is 12.0 Å². The van der Waals surface area contributed by atoms with Gasteiger partial charge < -0.3 is 15.7 Å². The Kier molecular flexibility index (Phi) is 5.17. The molecule has 0 radical (unpaired) electrons. The molecule has 0 heterocycles. The number of hydrogen-bond acceptors (Lipinski definition) is 3. The summed E-state index contributed by atoms with van der Waals surface area (Å²) in [7, 11) is 0. The van der Waals surface area contributed by atoms with Crippen molar-refractivity contribution in [2.45, 2.75) is 19.9 Å². The highest BCUT2D eigenvalue weighted by Crippen LogP contribution is 2.04. The fraction of sp³-hybridized carbons (Fsp3) is 0.385. The number of anilines is 1. The number of carboxylic acids is 1. The van der Waals surface area contributed by atoms with Gasteiger partial charge in [0.25, 0.3) is 0 Å². The Morgan fingerprint density at radius 2 is 1.83 bits per heavy atom. The minimum Gasteiger partial charge on any atom is -0.480 e. The second kappa shape index (κ2) is 6.64. The molecule has 0 saturated heterocycles. The van der Waals surface area contributed by atoms with Crippen molar-refractivity contribution in [3.8, 4) is 0 Å². The van der Waals surface area contributed by atoms with Crippen LogP contribution in [0.4, 0.5) is 5.69 Å². The van der Waals surface area contributed by atoms with Gasteiger partial charge in [-0.15, -0.1) is 0 Å². The van der Waals surface area contributed by atoms with E-state index >= 15 is 0 Å². The first kappa shape index (κ1) is 14.0. The summed E-state index contributed by atoms with van der Waals surface area (Å²) in [5.41, 5.74) is 0.823. The molecule has 3 N–H and O–H groups in total. The number of benzene rings is 1. The second-order valence-corrected chi connectivity index (χ2v) is 4.35. The van der Waals surface area contributed by atoms with E-state index in [0.717, 1.165) is 5.69 Å². The van der Waals surface area contributed by atoms with Crippen molar-refractivity contribution in [2.75, 3.05) is 11.9 Å². The molecule has 1 atom stereocenters. The van der Waals surface area contributed by atoms with Crippen molar-refractivity contribution in [1.29, 1.82) is 0 Å². The molecule has 0 spiro atoms. The van der Waals surface area contributed by atoms with Crippen LogP contribution < -0.4 is 10.6 Å². The van der Waals surface area contributed by atoms with Crippen molar-refractivity contribution in [3.05, 3.63) is 30.3 Å². The summed E-state index contributed by atoms with van der Waals surface area (Å²) in [4.78, 5) is 22.5. The third-order valence-electron chi connectivity index (χ3n) is 2.48. The maximum atomic E-state index is 11.6. The van der Waals surface area contributed by atoms with Crippen molar-refractivity contribution < 1.29 is 14.7 Å². The zero-order chi connectivity index (χ0) is 13.5. The smallest absolute Gasteiger partial charge is 0.326 e. The van der Waals surface area contributed by atoms with Gasteiger partial charge >= 0.3 is 5.97 Å². The van der Waals surface area contributed by atoms with Crippen molar-refractivity contribution in [3.63, 3.8) is 0 Å². The number of carboxylic acid groups (broad SMARTS) is 1. The molecular formula is C13H18N2O3. The van der Waals surface area contributed by atoms with Gasteiger partial charge in [-0.1, -0.05) is 32.0 Å². The number of carbonyl (C=O) groups excluding carboxylic acids is 1. The highest BCUT2D eigenvalue weighted by molar-refractivity contribution is 5.86. The minimum atomic E-state index is -1.02. The topological polar surface area (TPSA) is 78.4 Å². The maximum absolute atomic E-state index is 11.6. The summed E-state index contributed by atoms with van der Waals surface area (Å²) >= 11 is 0. The summed E-state index contributed by atoms with van der Waals surface area (Å²) in [6, 6.07) is 8.41. The van der Waals surface area contributed by atoms with Crippen LogP contribution in [0.1, 0.15) is 13.8 Å². The SMILES string of the molecule is CC(C)[C@@H](NC(=O)CNc1ccccc1)C(=O)O. The number of amides is 1. The molecule has 5 heteroatoms. The minimum absolute atomic E-state index is 0.0561. The molecule has 0 unspecified atom stereocenters. The third kappa shape index (κ3) is 4.45. The lowest BCUT2D eigenvalue weighted by atomic mass is 10.1. The highest BCUT2D eigenvalue weighted by atomic mass is 16.4. The largest absolute Gasteiger partial charge is 0.480 e. The number of rotatable bonds is 6. The summed E-state index contributed by atoms with van der Waals surface area (Å²) < 4.78 is 0. The quantitative estimate of drug-likeness (QED) is 0.711. The molecule has 0 aliphatic rings. The monoisotopic (exact) mass is 250 g/mol. The van der Waals surface area contributed by atoms with Gasteiger partial charge in [-0.25, -0.2) is 4.79 Å². The van der Waals surface area contributed by atoms with E-state index in [1.807, 2.05) is 30.3 Å². The lowest BCUT2D eigenvalue weighted by Gasteiger charge is -2.18. The van der Waals surface area contributed by atoms with E-state index in [0.29, 0.717) is 0 Å². The number of nitrogens with one attached hydrogen (secondary N) is 2. The molecule has 1 rings (SSSR count). The van der Waals surface area contributed by atoms with Crippen molar-refractivity contribution in [2.24, 2.45) is 5.92 Å². The number of aliphatic carboxylic acids is 1. The zero-order valence-electron chi connectivity index (χ0n) is 10.5. The molecule has 98 valence electrons. The second-order valence-electron chi connectivity index (χ2n) is 4.35. The molecule has 0 bridgehead atoms. The molecule has 0 aromatic heterocycles. The van der Waals surface area contributed by atoms with Crippen LogP contribution in [0.2, 0.25) is 0 Å². The molecule has 0 fully saturated rings. The molecule has 1 aromatic carbocycles. The van der Waals surface area contributed by atoms with Crippen LogP contribution in [0, 0.1) is 5.92 Å². The van der Waals surface area contributed by atoms with Gasteiger partial charge in [0.2, 0.25) is 5.91 Å². The van der Waals surface area contributed by atoms with E-state index in [1.165, 1.54) is 0 Å². The van der Waals surface area contributed by atoms with Crippen LogP contribution in [-0.2, 0) is 9.59 Å². The Balaban J connectivity index is 2.44. The molecule has 0 aliphatic carbocycles. The lowest BCUT2D eigenvalue weighted by Crippen LogP contribution is -2.46. The predicted molar refractivity (Wildman–Crippen MR) is 69.3 cm³/mol. The first-order valence-electron chi connectivity index (χ1n) is 5.82. The van der Waals surface area contributed by atoms with Gasteiger partial charge in [0.15, 0.2) is 0 Å². The maximum Gasteiger partial charge on any atom is 0.326 e. The average Bonchev–Trinajstić information content (AvgIpc) is 2.34. The first-order chi connectivity index (χ1) is 8.50. The van der Waals surface area contributed by atoms with Gasteiger partial charge in [0.1, 0.15) is 6.04 Å². The molecule has 18 heavy (non-hydrogen) atoms. The Hall–Kier alpha value is -2.04. The highest BCUT2D eigenvalue weighted by Gasteiger charge is 2.22. The lowest BCUT2D eigenvalue weighted by molar-refractivity contribution is -0.142. The van der Waals surface area contributed by atoms with Gasteiger partial charge in [0.05, 0.1) is 6.54 Å². The van der Waals surface area contributed by atoms with E-state index in [2.05, 4.69) is 10.6 Å². The van der Waals surface area contributed by atoms with Crippen LogP contribution >= 0.6 is 0 Å². The van der Waals surface area contributed by atoms with Gasteiger partial charge in [-0.2, -0.15) is 0 Å². The zero-order valence-corrected chi connectivity index (χ0v) is 10.5. The van der Waals surface area contributed by atoms with E-state index in [9.17, 15) is 9.59 Å². The van der Waals surface area contributed by atoms with Crippen molar-refractivity contribution in [1.82, 2.24) is 5.32 Å². The van der Waals surface area contributed by atoms with Gasteiger partial charge in [-0.3, -0.25) is 4.79 Å². The van der Waals surface area contributed by atoms with Crippen LogP contribution in [0.5, 0.6) is 0 Å². The Morgan fingerprint density at radius 3 is 2.33 bits per heavy atom. The first-order valence-corrected chi connectivity index (χ1v) is 5.82. The van der Waals surface area contributed by atoms with Crippen LogP contribution in [0.15, 0.2) is 30.3 Å². The van der Waals surface area contributed by atoms with Crippen LogP contribution in [0.3, 0.4) is 0 Å². The summed E-state index contributed by atoms with van der Waals surface area (Å²) in [5.74, 6) is -1.50. The fourth-order valence-electron chi connectivity index (χ4n) is 1.48. The van der Waals surface area contributed by atoms with Crippen LogP contribution in [-0.4, -0.2) is 29.6 Å². The standard InChI is InChI=1S/C13H18N2O3/c1-9(2)12(13(17)18)15-11(16)8-14-10-6-4-3-5-7-10/h3-7,9,12,14H,8H2,1-2H3,(H,15,16)(H,17,18)/t12-/m1/s1. The fourth-order valence-corrected chi connectivity index (χ4v) is 1.48. The van der Waals surface area contributed by atoms with Gasteiger partial charge in [-0.05, 0) is 18.1 Å². The average molecular weight is 250 g/mol. The summed E-state index contributed by atoms with van der Waals surface area (Å²) in [6.45, 7) is 3.56. The number of para-hydroxylation sites is 1. The van der Waals surface area contributed by atoms with E-state index in [4.69, 9.17) is 5.11 Å².